The van der Waals surface area contributed by atoms with Crippen molar-refractivity contribution in [2.24, 2.45) is 0 Å². The normalized spacial score (nSPS) is 15.6. The van der Waals surface area contributed by atoms with Crippen molar-refractivity contribution < 1.29 is 4.39 Å². The van der Waals surface area contributed by atoms with Gasteiger partial charge in [-0.1, -0.05) is 5.92 Å². The van der Waals surface area contributed by atoms with E-state index in [9.17, 15) is 4.39 Å². The number of aromatic nitrogens is 1. The smallest absolute Gasteiger partial charge is 0.236 e. The molecule has 2 nitrogen and oxygen atoms in total. The summed E-state index contributed by atoms with van der Waals surface area (Å²) in [5, 5.41) is 0. The lowest BCUT2D eigenvalue weighted by atomic mass is 10.2. The zero-order valence-corrected chi connectivity index (χ0v) is 7.83. The number of halogens is 1. The molecule has 1 aromatic heterocycles. The highest BCUT2D eigenvalue weighted by atomic mass is 19.1. The van der Waals surface area contributed by atoms with Gasteiger partial charge in [0.25, 0.3) is 0 Å². The third-order valence-corrected chi connectivity index (χ3v) is 2.43. The Labute approximate surface area is 82.8 Å². The first-order valence-corrected chi connectivity index (χ1v) is 4.68. The van der Waals surface area contributed by atoms with Crippen LogP contribution >= 0.6 is 0 Å². The van der Waals surface area contributed by atoms with E-state index < -0.39 is 5.95 Å². The highest BCUT2D eigenvalue weighted by Gasteiger charge is 2.16. The Morgan fingerprint density at radius 2 is 2.14 bits per heavy atom. The summed E-state index contributed by atoms with van der Waals surface area (Å²) in [4.78, 5) is 5.63. The maximum absolute atomic E-state index is 13.3. The van der Waals surface area contributed by atoms with Crippen molar-refractivity contribution in [3.05, 3.63) is 23.8 Å². The summed E-state index contributed by atoms with van der Waals surface area (Å²) in [6, 6.07) is 1.69. The van der Waals surface area contributed by atoms with Gasteiger partial charge < -0.3 is 4.90 Å². The van der Waals surface area contributed by atoms with E-state index in [4.69, 9.17) is 6.42 Å². The van der Waals surface area contributed by atoms with E-state index in [-0.39, 0.29) is 0 Å². The third kappa shape index (κ3) is 1.56. The summed E-state index contributed by atoms with van der Waals surface area (Å²) < 4.78 is 13.3. The second-order valence-electron chi connectivity index (χ2n) is 3.37. The van der Waals surface area contributed by atoms with Crippen LogP contribution in [-0.2, 0) is 0 Å². The molecule has 0 bridgehead atoms. The van der Waals surface area contributed by atoms with Crippen LogP contribution in [0.1, 0.15) is 18.4 Å². The van der Waals surface area contributed by atoms with E-state index in [2.05, 4.69) is 10.9 Å². The van der Waals surface area contributed by atoms with Crippen LogP contribution in [0.15, 0.2) is 12.3 Å². The Kier molecular flexibility index (Phi) is 2.36. The molecule has 0 radical (unpaired) electrons. The standard InChI is InChI=1S/C11H11FN2/c1-2-9-7-10(11(12)13-8-9)14-5-3-4-6-14/h1,7-8H,3-6H2. The van der Waals surface area contributed by atoms with Crippen molar-refractivity contribution in [3.63, 3.8) is 0 Å². The van der Waals surface area contributed by atoms with Gasteiger partial charge in [-0.3, -0.25) is 0 Å². The predicted octanol–water partition coefficient (Wildman–Crippen LogP) is 1.80. The molecular formula is C11H11FN2. The minimum atomic E-state index is -0.425. The van der Waals surface area contributed by atoms with Crippen molar-refractivity contribution in [1.82, 2.24) is 4.98 Å². The molecule has 1 aliphatic heterocycles. The van der Waals surface area contributed by atoms with Crippen molar-refractivity contribution in [2.75, 3.05) is 18.0 Å². The molecule has 3 heteroatoms. The Bertz CT molecular complexity index is 375. The summed E-state index contributed by atoms with van der Waals surface area (Å²) in [7, 11) is 0. The Balaban J connectivity index is 2.35. The molecule has 1 fully saturated rings. The minimum absolute atomic E-state index is 0.425. The largest absolute Gasteiger partial charge is 0.368 e. The van der Waals surface area contributed by atoms with E-state index >= 15 is 0 Å². The SMILES string of the molecule is C#Cc1cnc(F)c(N2CCCC2)c1. The van der Waals surface area contributed by atoms with Crippen LogP contribution in [-0.4, -0.2) is 18.1 Å². The number of hydrogen-bond donors (Lipinski definition) is 0. The van der Waals surface area contributed by atoms with Crippen LogP contribution in [0.3, 0.4) is 0 Å². The molecule has 0 aliphatic carbocycles. The number of rotatable bonds is 1. The second-order valence-corrected chi connectivity index (χ2v) is 3.37. The lowest BCUT2D eigenvalue weighted by Gasteiger charge is -2.17. The topological polar surface area (TPSA) is 16.1 Å². The van der Waals surface area contributed by atoms with Crippen molar-refractivity contribution >= 4 is 5.69 Å². The molecule has 0 amide bonds. The second kappa shape index (κ2) is 3.67. The van der Waals surface area contributed by atoms with E-state index in [0.717, 1.165) is 25.9 Å². The predicted molar refractivity (Wildman–Crippen MR) is 53.6 cm³/mol. The number of pyridine rings is 1. The van der Waals surface area contributed by atoms with Gasteiger partial charge in [0, 0.05) is 24.8 Å². The number of hydrogen-bond acceptors (Lipinski definition) is 2. The summed E-state index contributed by atoms with van der Waals surface area (Å²) in [5.74, 6) is 2.04. The van der Waals surface area contributed by atoms with Gasteiger partial charge in [0.2, 0.25) is 5.95 Å². The first-order chi connectivity index (χ1) is 6.81. The molecule has 0 aromatic carbocycles. The maximum atomic E-state index is 13.3. The highest BCUT2D eigenvalue weighted by Crippen LogP contribution is 2.22. The lowest BCUT2D eigenvalue weighted by molar-refractivity contribution is 0.580. The molecule has 2 heterocycles. The fourth-order valence-corrected chi connectivity index (χ4v) is 1.70. The Hall–Kier alpha value is -1.56. The molecule has 14 heavy (non-hydrogen) atoms. The molecule has 1 saturated heterocycles. The summed E-state index contributed by atoms with van der Waals surface area (Å²) in [5.41, 5.74) is 1.17. The van der Waals surface area contributed by atoms with E-state index in [1.165, 1.54) is 6.20 Å². The van der Waals surface area contributed by atoms with Crippen LogP contribution in [0, 0.1) is 18.3 Å². The third-order valence-electron chi connectivity index (χ3n) is 2.43. The van der Waals surface area contributed by atoms with Gasteiger partial charge >= 0.3 is 0 Å². The van der Waals surface area contributed by atoms with Crippen molar-refractivity contribution in [2.45, 2.75) is 12.8 Å². The first kappa shape index (κ1) is 9.01. The summed E-state index contributed by atoms with van der Waals surface area (Å²) >= 11 is 0. The van der Waals surface area contributed by atoms with Gasteiger partial charge in [-0.25, -0.2) is 4.98 Å². The molecule has 1 aromatic rings. The van der Waals surface area contributed by atoms with Crippen LogP contribution in [0.2, 0.25) is 0 Å². The fraction of sp³-hybridized carbons (Fsp3) is 0.364. The van der Waals surface area contributed by atoms with Crippen molar-refractivity contribution in [1.29, 1.82) is 0 Å². The Morgan fingerprint density at radius 1 is 1.43 bits per heavy atom. The molecular weight excluding hydrogens is 179 g/mol. The molecule has 0 spiro atoms. The number of terminal acetylenes is 1. The van der Waals surface area contributed by atoms with Crippen LogP contribution < -0.4 is 4.90 Å². The zero-order valence-electron chi connectivity index (χ0n) is 7.83. The van der Waals surface area contributed by atoms with Crippen LogP contribution in [0.5, 0.6) is 0 Å². The maximum Gasteiger partial charge on any atom is 0.236 e. The van der Waals surface area contributed by atoms with Gasteiger partial charge in [0.05, 0.1) is 5.69 Å². The van der Waals surface area contributed by atoms with Gasteiger partial charge in [0.15, 0.2) is 0 Å². The summed E-state index contributed by atoms with van der Waals surface area (Å²) in [6.07, 6.45) is 8.84. The molecule has 72 valence electrons. The average Bonchev–Trinajstić information content (AvgIpc) is 2.71. The van der Waals surface area contributed by atoms with Gasteiger partial charge in [-0.05, 0) is 18.9 Å². The quantitative estimate of drug-likeness (QED) is 0.496. The molecule has 0 N–H and O–H groups in total. The van der Waals surface area contributed by atoms with E-state index in [0.29, 0.717) is 11.3 Å². The van der Waals surface area contributed by atoms with E-state index in [1.54, 1.807) is 6.07 Å². The van der Waals surface area contributed by atoms with Crippen LogP contribution in [0.4, 0.5) is 10.1 Å². The number of anilines is 1. The van der Waals surface area contributed by atoms with Gasteiger partial charge in [-0.15, -0.1) is 6.42 Å². The molecule has 0 unspecified atom stereocenters. The van der Waals surface area contributed by atoms with Gasteiger partial charge in [-0.2, -0.15) is 4.39 Å². The van der Waals surface area contributed by atoms with E-state index in [1.807, 2.05) is 4.90 Å². The van der Waals surface area contributed by atoms with Gasteiger partial charge in [0.1, 0.15) is 0 Å². The van der Waals surface area contributed by atoms with Crippen LogP contribution in [0.25, 0.3) is 0 Å². The zero-order chi connectivity index (χ0) is 9.97. The highest BCUT2D eigenvalue weighted by molar-refractivity contribution is 5.51. The molecule has 1 aliphatic rings. The molecule has 0 saturated carbocycles. The molecule has 0 atom stereocenters. The van der Waals surface area contributed by atoms with Crippen molar-refractivity contribution in [3.8, 4) is 12.3 Å². The molecule has 2 rings (SSSR count). The number of nitrogens with zero attached hydrogens (tertiary/aromatic N) is 2. The summed E-state index contributed by atoms with van der Waals surface area (Å²) in [6.45, 7) is 1.79. The first-order valence-electron chi connectivity index (χ1n) is 4.68. The minimum Gasteiger partial charge on any atom is -0.368 e. The lowest BCUT2D eigenvalue weighted by Crippen LogP contribution is -2.19. The fourth-order valence-electron chi connectivity index (χ4n) is 1.70. The monoisotopic (exact) mass is 190 g/mol. The Morgan fingerprint density at radius 3 is 2.79 bits per heavy atom. The average molecular weight is 190 g/mol.